The number of sulfone groups is 1. The van der Waals surface area contributed by atoms with Gasteiger partial charge in [-0.1, -0.05) is 31.5 Å². The number of fused-ring (bicyclic) bond motifs is 1. The molecule has 3 nitrogen and oxygen atoms in total. The third-order valence-electron chi connectivity index (χ3n) is 4.48. The highest BCUT2D eigenvalue weighted by molar-refractivity contribution is 7.91. The van der Waals surface area contributed by atoms with Gasteiger partial charge in [-0.2, -0.15) is 0 Å². The molecule has 1 fully saturated rings. The zero-order valence-electron chi connectivity index (χ0n) is 11.4. The fourth-order valence-electron chi connectivity index (χ4n) is 3.18. The Morgan fingerprint density at radius 1 is 1.32 bits per heavy atom. The van der Waals surface area contributed by atoms with Crippen molar-refractivity contribution in [3.05, 3.63) is 29.8 Å². The summed E-state index contributed by atoms with van der Waals surface area (Å²) < 4.78 is 24.2. The molecule has 19 heavy (non-hydrogen) atoms. The molecule has 0 aromatic heterocycles. The van der Waals surface area contributed by atoms with Crippen LogP contribution < -0.4 is 5.32 Å². The molecular formula is C15H21NO2S. The van der Waals surface area contributed by atoms with E-state index in [1.807, 2.05) is 12.1 Å². The van der Waals surface area contributed by atoms with Gasteiger partial charge in [0.15, 0.2) is 9.84 Å². The van der Waals surface area contributed by atoms with E-state index in [1.54, 1.807) is 12.1 Å². The van der Waals surface area contributed by atoms with Crippen LogP contribution in [0.2, 0.25) is 0 Å². The number of rotatable bonds is 5. The molecule has 0 bridgehead atoms. The van der Waals surface area contributed by atoms with Crippen LogP contribution in [0.25, 0.3) is 0 Å². The number of nitrogens with one attached hydrogen (secondary N) is 1. The second-order valence-electron chi connectivity index (χ2n) is 6.00. The third kappa shape index (κ3) is 2.43. The van der Waals surface area contributed by atoms with Crippen molar-refractivity contribution in [2.24, 2.45) is 5.41 Å². The first-order chi connectivity index (χ1) is 9.06. The molecule has 1 aliphatic heterocycles. The zero-order chi connectivity index (χ0) is 13.5. The molecule has 4 heteroatoms. The number of hydrogen-bond donors (Lipinski definition) is 1. The van der Waals surface area contributed by atoms with Gasteiger partial charge in [0.25, 0.3) is 0 Å². The summed E-state index contributed by atoms with van der Waals surface area (Å²) in [6.07, 6.45) is 5.03. The lowest BCUT2D eigenvalue weighted by Gasteiger charge is -2.19. The van der Waals surface area contributed by atoms with E-state index >= 15 is 0 Å². The molecule has 0 radical (unpaired) electrons. The average molecular weight is 279 g/mol. The minimum Gasteiger partial charge on any atom is -0.308 e. The first-order valence-electron chi connectivity index (χ1n) is 7.11. The molecule has 1 aliphatic carbocycles. The number of benzene rings is 1. The topological polar surface area (TPSA) is 46.2 Å². The Labute approximate surface area is 115 Å². The normalized spacial score (nSPS) is 26.1. The van der Waals surface area contributed by atoms with Crippen molar-refractivity contribution in [3.63, 3.8) is 0 Å². The first-order valence-corrected chi connectivity index (χ1v) is 8.77. The van der Waals surface area contributed by atoms with E-state index in [4.69, 9.17) is 0 Å². The van der Waals surface area contributed by atoms with Crippen molar-refractivity contribution in [2.75, 3.05) is 12.3 Å². The Bertz CT molecular complexity index is 576. The molecule has 1 aromatic rings. The van der Waals surface area contributed by atoms with Gasteiger partial charge < -0.3 is 5.32 Å². The van der Waals surface area contributed by atoms with Crippen LogP contribution in [-0.4, -0.2) is 20.7 Å². The van der Waals surface area contributed by atoms with Gasteiger partial charge in [-0.15, -0.1) is 0 Å². The fraction of sp³-hybridized carbons (Fsp3) is 0.600. The van der Waals surface area contributed by atoms with E-state index < -0.39 is 9.84 Å². The predicted molar refractivity (Wildman–Crippen MR) is 75.8 cm³/mol. The van der Waals surface area contributed by atoms with Crippen LogP contribution in [0.4, 0.5) is 0 Å². The zero-order valence-corrected chi connectivity index (χ0v) is 12.2. The summed E-state index contributed by atoms with van der Waals surface area (Å²) in [5.41, 5.74) is 1.41. The molecule has 2 aliphatic rings. The van der Waals surface area contributed by atoms with Crippen LogP contribution in [0, 0.1) is 5.41 Å². The summed E-state index contributed by atoms with van der Waals surface area (Å²) in [4.78, 5) is 0.521. The Morgan fingerprint density at radius 3 is 2.74 bits per heavy atom. The van der Waals surface area contributed by atoms with E-state index in [0.29, 0.717) is 10.3 Å². The minimum atomic E-state index is -3.08. The van der Waals surface area contributed by atoms with Crippen LogP contribution in [0.1, 0.15) is 44.2 Å². The van der Waals surface area contributed by atoms with Crippen LogP contribution in [0.5, 0.6) is 0 Å². The highest BCUT2D eigenvalue weighted by atomic mass is 32.2. The van der Waals surface area contributed by atoms with Gasteiger partial charge in [-0.05, 0) is 36.3 Å². The summed E-state index contributed by atoms with van der Waals surface area (Å²) >= 11 is 0. The van der Waals surface area contributed by atoms with E-state index in [9.17, 15) is 8.42 Å². The van der Waals surface area contributed by atoms with E-state index in [2.05, 4.69) is 12.2 Å². The minimum absolute atomic E-state index is 0.0180. The monoisotopic (exact) mass is 279 g/mol. The predicted octanol–water partition coefficient (Wildman–Crippen LogP) is 2.68. The van der Waals surface area contributed by atoms with Gasteiger partial charge in [0, 0.05) is 12.6 Å². The molecular weight excluding hydrogens is 258 g/mol. The lowest BCUT2D eigenvalue weighted by molar-refractivity contribution is 0.399. The maximum absolute atomic E-state index is 12.1. The van der Waals surface area contributed by atoms with Crippen molar-refractivity contribution in [1.82, 2.24) is 5.32 Å². The molecule has 1 saturated carbocycles. The second-order valence-corrected chi connectivity index (χ2v) is 8.01. The van der Waals surface area contributed by atoms with E-state index in [1.165, 1.54) is 25.7 Å². The third-order valence-corrected chi connectivity index (χ3v) is 6.29. The smallest absolute Gasteiger partial charge is 0.180 e. The van der Waals surface area contributed by atoms with Gasteiger partial charge >= 0.3 is 0 Å². The molecule has 3 rings (SSSR count). The molecule has 0 amide bonds. The quantitative estimate of drug-likeness (QED) is 0.901. The van der Waals surface area contributed by atoms with Gasteiger partial charge in [0.05, 0.1) is 10.6 Å². The van der Waals surface area contributed by atoms with Gasteiger partial charge in [-0.25, -0.2) is 8.42 Å². The lowest BCUT2D eigenvalue weighted by atomic mass is 9.99. The average Bonchev–Trinajstić information content (AvgIpc) is 3.10. The van der Waals surface area contributed by atoms with Crippen LogP contribution >= 0.6 is 0 Å². The fourth-order valence-corrected chi connectivity index (χ4v) is 4.95. The van der Waals surface area contributed by atoms with Crippen molar-refractivity contribution in [1.29, 1.82) is 0 Å². The lowest BCUT2D eigenvalue weighted by Crippen LogP contribution is -2.29. The SMILES string of the molecule is CCCC1(CNC2CS(=O)(=O)c3ccccc32)CC1. The highest BCUT2D eigenvalue weighted by Crippen LogP contribution is 2.49. The second kappa shape index (κ2) is 4.60. The molecule has 0 saturated heterocycles. The van der Waals surface area contributed by atoms with E-state index in [-0.39, 0.29) is 11.8 Å². The number of hydrogen-bond acceptors (Lipinski definition) is 3. The van der Waals surface area contributed by atoms with Crippen molar-refractivity contribution in [3.8, 4) is 0 Å². The standard InChI is InChI=1S/C15H21NO2S/c1-2-7-15(8-9-15)11-16-13-10-19(17,18)14-6-4-3-5-12(13)14/h3-6,13,16H,2,7-11H2,1H3. The van der Waals surface area contributed by atoms with Gasteiger partial charge in [0.2, 0.25) is 0 Å². The van der Waals surface area contributed by atoms with E-state index in [0.717, 1.165) is 12.1 Å². The highest BCUT2D eigenvalue weighted by Gasteiger charge is 2.43. The van der Waals surface area contributed by atoms with Crippen molar-refractivity contribution in [2.45, 2.75) is 43.5 Å². The summed E-state index contributed by atoms with van der Waals surface area (Å²) in [6, 6.07) is 7.38. The molecule has 1 N–H and O–H groups in total. The molecule has 1 unspecified atom stereocenters. The van der Waals surface area contributed by atoms with Crippen LogP contribution in [-0.2, 0) is 9.84 Å². The summed E-state index contributed by atoms with van der Waals surface area (Å²) in [5.74, 6) is 0.217. The Balaban J connectivity index is 1.74. The Hall–Kier alpha value is -0.870. The first kappa shape index (κ1) is 13.1. The molecule has 1 atom stereocenters. The molecule has 0 spiro atoms. The maximum Gasteiger partial charge on any atom is 0.180 e. The summed E-state index contributed by atoms with van der Waals surface area (Å²) in [6.45, 7) is 3.17. The van der Waals surface area contributed by atoms with Gasteiger partial charge in [-0.3, -0.25) is 0 Å². The van der Waals surface area contributed by atoms with Crippen molar-refractivity contribution >= 4 is 9.84 Å². The molecule has 104 valence electrons. The summed E-state index contributed by atoms with van der Waals surface area (Å²) in [5, 5.41) is 3.50. The van der Waals surface area contributed by atoms with Crippen molar-refractivity contribution < 1.29 is 8.42 Å². The Kier molecular flexibility index (Phi) is 3.18. The van der Waals surface area contributed by atoms with Crippen LogP contribution in [0.3, 0.4) is 0 Å². The largest absolute Gasteiger partial charge is 0.308 e. The van der Waals surface area contributed by atoms with Gasteiger partial charge in [0.1, 0.15) is 0 Å². The maximum atomic E-state index is 12.1. The van der Waals surface area contributed by atoms with Crippen LogP contribution in [0.15, 0.2) is 29.2 Å². The Morgan fingerprint density at radius 2 is 2.05 bits per heavy atom. The molecule has 1 heterocycles. The summed E-state index contributed by atoms with van der Waals surface area (Å²) in [7, 11) is -3.08. The molecule has 1 aromatic carbocycles.